The van der Waals surface area contributed by atoms with Crippen LogP contribution in [0.3, 0.4) is 0 Å². The van der Waals surface area contributed by atoms with Crippen LogP contribution >= 0.6 is 0 Å². The van der Waals surface area contributed by atoms with E-state index < -0.39 is 0 Å². The second kappa shape index (κ2) is 13.3. The average molecular weight is 861 g/mol. The highest BCUT2D eigenvalue weighted by atomic mass is 16.4. The summed E-state index contributed by atoms with van der Waals surface area (Å²) < 4.78 is 7.51. The topological polar surface area (TPSA) is 19.6 Å². The largest absolute Gasteiger partial charge is 0.440 e. The third-order valence-electron chi connectivity index (χ3n) is 17.9. The second-order valence-corrected chi connectivity index (χ2v) is 26.3. The fraction of sp³-hybridized carbons (Fsp3) is 0.475. The third-order valence-corrected chi connectivity index (χ3v) is 17.9. The average Bonchev–Trinajstić information content (AvgIpc) is 3.60. The molecule has 3 nitrogen and oxygen atoms in total. The molecule has 2 aliphatic heterocycles. The highest BCUT2D eigenvalue weighted by Crippen LogP contribution is 2.54. The molecule has 0 N–H and O–H groups in total. The molecule has 0 saturated heterocycles. The summed E-state index contributed by atoms with van der Waals surface area (Å²) in [6.45, 7) is 38.8. The summed E-state index contributed by atoms with van der Waals surface area (Å²) in [5.74, 6) is 0.963. The zero-order valence-corrected chi connectivity index (χ0v) is 42.6. The Labute approximate surface area is 391 Å². The highest BCUT2D eigenvalue weighted by molar-refractivity contribution is 7.01. The molecule has 0 saturated carbocycles. The van der Waals surface area contributed by atoms with Gasteiger partial charge in [0.25, 0.3) is 6.71 Å². The van der Waals surface area contributed by atoms with Gasteiger partial charge in [0, 0.05) is 39.3 Å². The van der Waals surface area contributed by atoms with Crippen molar-refractivity contribution in [3.8, 4) is 0 Å². The van der Waals surface area contributed by atoms with Crippen LogP contribution in [0.15, 0.2) is 83.3 Å². The zero-order valence-electron chi connectivity index (χ0n) is 42.6. The van der Waals surface area contributed by atoms with Gasteiger partial charge >= 0.3 is 0 Å². The van der Waals surface area contributed by atoms with Gasteiger partial charge in [-0.25, -0.2) is 0 Å². The summed E-state index contributed by atoms with van der Waals surface area (Å²) in [5.41, 5.74) is 23.3. The van der Waals surface area contributed by atoms with E-state index in [1.807, 2.05) is 0 Å². The van der Waals surface area contributed by atoms with E-state index in [0.717, 1.165) is 17.2 Å². The number of hydrogen-bond donors (Lipinski definition) is 0. The molecule has 336 valence electrons. The van der Waals surface area contributed by atoms with E-state index in [1.165, 1.54) is 128 Å². The Hall–Kier alpha value is -4.70. The number of hydrogen-bond acceptors (Lipinski definition) is 3. The number of aryl methyl sites for hydroxylation is 1. The van der Waals surface area contributed by atoms with Gasteiger partial charge in [-0.15, -0.1) is 0 Å². The number of fused-ring (bicyclic) bond motifs is 9. The monoisotopic (exact) mass is 861 g/mol. The third kappa shape index (κ3) is 6.19. The standard InChI is InChI=1S/C61H73BN2O/c1-36-29-49-53-50(30-36)64(38-19-17-37(18-20-38)55(2,3)4)54-52(40-32-43-46(35-51(40)65-54)61(15,16)28-25-58(43,9)10)62(53)47-33-44-45(60(13,14)27-26-59(44,11)12)34-48(47)63(49)39-21-22-41-42(31-39)57(7,8)24-23-56(41,5)6/h17-22,29-35H,23-28H2,1-16H3. The smallest absolute Gasteiger partial charge is 0.257 e. The van der Waals surface area contributed by atoms with Crippen LogP contribution in [0.25, 0.3) is 11.0 Å². The predicted molar refractivity (Wildman–Crippen MR) is 280 cm³/mol. The lowest BCUT2D eigenvalue weighted by Gasteiger charge is -2.47. The maximum absolute atomic E-state index is 7.51. The predicted octanol–water partition coefficient (Wildman–Crippen LogP) is 15.2. The van der Waals surface area contributed by atoms with Crippen molar-refractivity contribution >= 4 is 68.4 Å². The summed E-state index contributed by atoms with van der Waals surface area (Å²) in [6, 6.07) is 32.2. The highest BCUT2D eigenvalue weighted by Gasteiger charge is 2.50. The Bertz CT molecular complexity index is 3000. The van der Waals surface area contributed by atoms with E-state index in [9.17, 15) is 0 Å². The molecule has 5 aromatic carbocycles. The molecular formula is C61H73BN2O. The lowest BCUT2D eigenvalue weighted by molar-refractivity contribution is 0.332. The molecule has 6 aromatic rings. The van der Waals surface area contributed by atoms with Crippen LogP contribution in [0.5, 0.6) is 0 Å². The molecule has 0 fully saturated rings. The van der Waals surface area contributed by atoms with E-state index in [-0.39, 0.29) is 44.6 Å². The maximum atomic E-state index is 7.51. The van der Waals surface area contributed by atoms with Crippen LogP contribution < -0.4 is 26.2 Å². The van der Waals surface area contributed by atoms with Crippen LogP contribution in [0.1, 0.15) is 187 Å². The molecular weight excluding hydrogens is 787 g/mol. The minimum Gasteiger partial charge on any atom is -0.440 e. The van der Waals surface area contributed by atoms with E-state index >= 15 is 0 Å². The lowest BCUT2D eigenvalue weighted by Crippen LogP contribution is -2.61. The summed E-state index contributed by atoms with van der Waals surface area (Å²) in [7, 11) is 0. The van der Waals surface area contributed by atoms with Crippen molar-refractivity contribution in [1.82, 2.24) is 0 Å². The summed E-state index contributed by atoms with van der Waals surface area (Å²) in [6.07, 6.45) is 7.07. The quantitative estimate of drug-likeness (QED) is 0.161. The molecule has 0 radical (unpaired) electrons. The van der Waals surface area contributed by atoms with Crippen molar-refractivity contribution < 1.29 is 4.42 Å². The van der Waals surface area contributed by atoms with Crippen LogP contribution in [0.4, 0.5) is 34.3 Å². The lowest BCUT2D eigenvalue weighted by atomic mass is 9.33. The van der Waals surface area contributed by atoms with Crippen molar-refractivity contribution in [2.24, 2.45) is 0 Å². The summed E-state index contributed by atoms with van der Waals surface area (Å²) >= 11 is 0. The Kier molecular flexibility index (Phi) is 8.75. The molecule has 5 aliphatic rings. The minimum absolute atomic E-state index is 0.0231. The van der Waals surface area contributed by atoms with E-state index in [4.69, 9.17) is 4.42 Å². The van der Waals surface area contributed by atoms with Crippen molar-refractivity contribution in [2.75, 3.05) is 9.80 Å². The number of nitrogens with zero attached hydrogens (tertiary/aromatic N) is 2. The Morgan fingerprint density at radius 1 is 0.462 bits per heavy atom. The first-order valence-electron chi connectivity index (χ1n) is 25.0. The summed E-state index contributed by atoms with van der Waals surface area (Å²) in [5, 5.41) is 1.26. The molecule has 0 spiro atoms. The number of furan rings is 1. The van der Waals surface area contributed by atoms with Gasteiger partial charge in [-0.2, -0.15) is 0 Å². The van der Waals surface area contributed by atoms with E-state index in [2.05, 4.69) is 199 Å². The van der Waals surface area contributed by atoms with Crippen LogP contribution in [-0.2, 0) is 37.9 Å². The van der Waals surface area contributed by atoms with Crippen molar-refractivity contribution in [3.05, 3.63) is 123 Å². The fourth-order valence-corrected chi connectivity index (χ4v) is 13.1. The molecule has 4 heteroatoms. The molecule has 0 bridgehead atoms. The molecule has 3 aliphatic carbocycles. The normalized spacial score (nSPS) is 21.2. The van der Waals surface area contributed by atoms with Crippen molar-refractivity contribution in [3.63, 3.8) is 0 Å². The Morgan fingerprint density at radius 2 is 0.923 bits per heavy atom. The van der Waals surface area contributed by atoms with Gasteiger partial charge in [-0.05, 0) is 193 Å². The van der Waals surface area contributed by atoms with Gasteiger partial charge in [0.2, 0.25) is 5.88 Å². The Balaban J connectivity index is 1.28. The van der Waals surface area contributed by atoms with Gasteiger partial charge in [-0.1, -0.05) is 128 Å². The maximum Gasteiger partial charge on any atom is 0.257 e. The molecule has 65 heavy (non-hydrogen) atoms. The van der Waals surface area contributed by atoms with Gasteiger partial charge in [0.1, 0.15) is 5.58 Å². The van der Waals surface area contributed by atoms with Crippen LogP contribution in [-0.4, -0.2) is 6.71 Å². The molecule has 0 unspecified atom stereocenters. The molecule has 0 amide bonds. The first-order valence-corrected chi connectivity index (χ1v) is 25.0. The summed E-state index contributed by atoms with van der Waals surface area (Å²) in [4.78, 5) is 5.18. The minimum atomic E-state index is -0.0231. The number of anilines is 6. The number of rotatable bonds is 2. The first kappa shape index (κ1) is 42.9. The molecule has 11 rings (SSSR count). The van der Waals surface area contributed by atoms with Crippen molar-refractivity contribution in [2.45, 2.75) is 187 Å². The zero-order chi connectivity index (χ0) is 46.3. The first-order chi connectivity index (χ1) is 30.2. The van der Waals surface area contributed by atoms with Crippen LogP contribution in [0.2, 0.25) is 0 Å². The van der Waals surface area contributed by atoms with Gasteiger partial charge in [-0.3, -0.25) is 4.90 Å². The molecule has 1 aromatic heterocycles. The van der Waals surface area contributed by atoms with Gasteiger partial charge in [0.15, 0.2) is 0 Å². The van der Waals surface area contributed by atoms with E-state index in [0.29, 0.717) is 0 Å². The molecule has 0 atom stereocenters. The van der Waals surface area contributed by atoms with Crippen molar-refractivity contribution in [1.29, 1.82) is 0 Å². The Morgan fingerprint density at radius 3 is 1.48 bits per heavy atom. The molecule has 3 heterocycles. The SMILES string of the molecule is Cc1cc2c3c(c1)N(c1ccc(C(C)(C)C)cc1)c1oc4cc5c(cc4c1B3c1cc3c(cc1N2c1ccc2c(c1)C(C)(C)CCC2(C)C)C(C)(C)CCC3(C)C)C(C)(C)CCC5(C)C. The second-order valence-electron chi connectivity index (χ2n) is 26.3. The van der Waals surface area contributed by atoms with Gasteiger partial charge in [0.05, 0.1) is 0 Å². The van der Waals surface area contributed by atoms with Crippen LogP contribution in [0, 0.1) is 6.92 Å². The van der Waals surface area contributed by atoms with E-state index in [1.54, 1.807) is 0 Å². The fourth-order valence-electron chi connectivity index (χ4n) is 13.1. The number of benzene rings is 5. The van der Waals surface area contributed by atoms with Gasteiger partial charge < -0.3 is 9.32 Å².